The number of benzene rings is 2. The number of hydrogen-bond donors (Lipinski definition) is 2. The predicted molar refractivity (Wildman–Crippen MR) is 92.8 cm³/mol. The van der Waals surface area contributed by atoms with Gasteiger partial charge in [0.2, 0.25) is 5.91 Å². The van der Waals surface area contributed by atoms with Gasteiger partial charge >= 0.3 is 0 Å². The minimum Gasteiger partial charge on any atom is -0.356 e. The number of Topliss-reactive ketones (excluding diaryl/α,β-unsaturated/α-hetero) is 1. The molecule has 2 N–H and O–H groups in total. The van der Waals surface area contributed by atoms with Crippen molar-refractivity contribution >= 4 is 22.7 Å². The molecule has 0 atom stereocenters. The molecule has 0 radical (unpaired) electrons. The topological polar surface area (TPSA) is 74.8 Å². The number of hydrogen-bond acceptors (Lipinski definition) is 3. The van der Waals surface area contributed by atoms with Gasteiger partial charge in [0.1, 0.15) is 11.6 Å². The lowest BCUT2D eigenvalue weighted by Crippen LogP contribution is -2.26. The van der Waals surface area contributed by atoms with Gasteiger partial charge in [-0.3, -0.25) is 9.59 Å². The van der Waals surface area contributed by atoms with Gasteiger partial charge in [0.25, 0.3) is 0 Å². The number of nitrogens with one attached hydrogen (secondary N) is 2. The van der Waals surface area contributed by atoms with E-state index in [9.17, 15) is 14.0 Å². The van der Waals surface area contributed by atoms with Crippen molar-refractivity contribution in [2.45, 2.75) is 19.3 Å². The first-order chi connectivity index (χ1) is 12.1. The highest BCUT2D eigenvalue weighted by Gasteiger charge is 2.09. The maximum absolute atomic E-state index is 13.1. The summed E-state index contributed by atoms with van der Waals surface area (Å²) < 4.78 is 13.1. The van der Waals surface area contributed by atoms with E-state index in [1.807, 2.05) is 6.07 Å². The van der Waals surface area contributed by atoms with Crippen molar-refractivity contribution in [1.29, 1.82) is 0 Å². The second-order valence-electron chi connectivity index (χ2n) is 5.73. The van der Waals surface area contributed by atoms with Crippen LogP contribution in [0.3, 0.4) is 0 Å². The lowest BCUT2D eigenvalue weighted by atomic mass is 10.1. The summed E-state index contributed by atoms with van der Waals surface area (Å²) in [5.41, 5.74) is 1.94. The molecule has 0 spiro atoms. The van der Waals surface area contributed by atoms with E-state index in [0.717, 1.165) is 0 Å². The lowest BCUT2D eigenvalue weighted by molar-refractivity contribution is -0.121. The van der Waals surface area contributed by atoms with Crippen molar-refractivity contribution in [3.63, 3.8) is 0 Å². The Bertz CT molecular complexity index is 890. The first-order valence-corrected chi connectivity index (χ1v) is 8.11. The summed E-state index contributed by atoms with van der Waals surface area (Å²) in [5, 5.41) is 2.77. The second kappa shape index (κ2) is 7.70. The van der Waals surface area contributed by atoms with Gasteiger partial charge in [-0.25, -0.2) is 9.37 Å². The maximum Gasteiger partial charge on any atom is 0.220 e. The normalized spacial score (nSPS) is 10.8. The van der Waals surface area contributed by atoms with Gasteiger partial charge in [0.15, 0.2) is 5.78 Å². The number of carbonyl (C=O) groups is 2. The van der Waals surface area contributed by atoms with E-state index in [1.54, 1.807) is 30.3 Å². The Morgan fingerprint density at radius 1 is 1.08 bits per heavy atom. The predicted octanol–water partition coefficient (Wildman–Crippen LogP) is 3.02. The fourth-order valence-electron chi connectivity index (χ4n) is 2.56. The van der Waals surface area contributed by atoms with Crippen molar-refractivity contribution in [3.05, 3.63) is 65.7 Å². The van der Waals surface area contributed by atoms with E-state index in [0.29, 0.717) is 35.4 Å². The van der Waals surface area contributed by atoms with Gasteiger partial charge in [0.05, 0.1) is 11.0 Å². The number of aromatic nitrogens is 2. The number of aromatic amines is 1. The van der Waals surface area contributed by atoms with E-state index < -0.39 is 0 Å². The Morgan fingerprint density at radius 3 is 2.68 bits per heavy atom. The van der Waals surface area contributed by atoms with Crippen LogP contribution >= 0.6 is 0 Å². The molecule has 6 heteroatoms. The van der Waals surface area contributed by atoms with Crippen LogP contribution in [0.15, 0.2) is 48.5 Å². The highest BCUT2D eigenvalue weighted by atomic mass is 19.1. The number of carbonyl (C=O) groups excluding carboxylic acids is 2. The molecule has 1 aromatic heterocycles. The average Bonchev–Trinajstić information content (AvgIpc) is 3.02. The number of H-pyrrole nitrogens is 1. The molecule has 3 rings (SSSR count). The summed E-state index contributed by atoms with van der Waals surface area (Å²) in [5.74, 6) is 0.141. The van der Waals surface area contributed by atoms with Gasteiger partial charge in [-0.05, 0) is 18.2 Å². The standard InChI is InChI=1S/C19H18FN3O2/c20-14-6-7-15-16(12-14)23-18(22-15)10-11-21-19(25)9-8-17(24)13-4-2-1-3-5-13/h1-7,12H,8-11H2,(H,21,25)(H,22,23). The second-order valence-corrected chi connectivity index (χ2v) is 5.73. The van der Waals surface area contributed by atoms with Crippen molar-refractivity contribution < 1.29 is 14.0 Å². The monoisotopic (exact) mass is 339 g/mol. The average molecular weight is 339 g/mol. The first kappa shape index (κ1) is 16.8. The number of amides is 1. The molecule has 0 unspecified atom stereocenters. The Labute approximate surface area is 144 Å². The van der Waals surface area contributed by atoms with Gasteiger partial charge in [-0.2, -0.15) is 0 Å². The summed E-state index contributed by atoms with van der Waals surface area (Å²) in [4.78, 5) is 31.2. The molecule has 0 aliphatic rings. The third-order valence-corrected chi connectivity index (χ3v) is 3.85. The van der Waals surface area contributed by atoms with E-state index in [-0.39, 0.29) is 30.3 Å². The Kier molecular flexibility index (Phi) is 5.18. The third kappa shape index (κ3) is 4.50. The summed E-state index contributed by atoms with van der Waals surface area (Å²) in [6.07, 6.45) is 0.841. The number of rotatable bonds is 7. The van der Waals surface area contributed by atoms with Crippen LogP contribution in [0.25, 0.3) is 11.0 Å². The molecule has 1 amide bonds. The number of imidazole rings is 1. The summed E-state index contributed by atoms with van der Waals surface area (Å²) in [7, 11) is 0. The lowest BCUT2D eigenvalue weighted by Gasteiger charge is -2.04. The molecule has 2 aromatic carbocycles. The van der Waals surface area contributed by atoms with Crippen LogP contribution in [0.5, 0.6) is 0 Å². The molecule has 0 saturated carbocycles. The minimum absolute atomic E-state index is 0.0462. The van der Waals surface area contributed by atoms with Gasteiger partial charge < -0.3 is 10.3 Å². The van der Waals surface area contributed by atoms with Crippen molar-refractivity contribution in [1.82, 2.24) is 15.3 Å². The largest absolute Gasteiger partial charge is 0.356 e. The summed E-state index contributed by atoms with van der Waals surface area (Å²) in [6, 6.07) is 13.3. The van der Waals surface area contributed by atoms with Crippen LogP contribution < -0.4 is 5.32 Å². The Hall–Kier alpha value is -3.02. The van der Waals surface area contributed by atoms with Crippen LogP contribution in [0.1, 0.15) is 29.0 Å². The van der Waals surface area contributed by atoms with Crippen LogP contribution in [-0.2, 0) is 11.2 Å². The molecule has 128 valence electrons. The fraction of sp³-hybridized carbons (Fsp3) is 0.211. The summed E-state index contributed by atoms with van der Waals surface area (Å²) in [6.45, 7) is 0.403. The zero-order valence-corrected chi connectivity index (χ0v) is 13.6. The van der Waals surface area contributed by atoms with Crippen LogP contribution in [-0.4, -0.2) is 28.2 Å². The van der Waals surface area contributed by atoms with Crippen LogP contribution in [0, 0.1) is 5.82 Å². The SMILES string of the molecule is O=C(CCC(=O)c1ccccc1)NCCc1nc2ccc(F)cc2[nH]1. The highest BCUT2D eigenvalue weighted by Crippen LogP contribution is 2.13. The van der Waals surface area contributed by atoms with E-state index >= 15 is 0 Å². The van der Waals surface area contributed by atoms with Crippen molar-refractivity contribution in [2.75, 3.05) is 6.54 Å². The van der Waals surface area contributed by atoms with Crippen LogP contribution in [0.2, 0.25) is 0 Å². The molecular weight excluding hydrogens is 321 g/mol. The van der Waals surface area contributed by atoms with E-state index in [2.05, 4.69) is 15.3 Å². The van der Waals surface area contributed by atoms with Crippen molar-refractivity contribution in [2.24, 2.45) is 0 Å². The number of fused-ring (bicyclic) bond motifs is 1. The maximum atomic E-state index is 13.1. The number of halogens is 1. The first-order valence-electron chi connectivity index (χ1n) is 8.11. The smallest absolute Gasteiger partial charge is 0.220 e. The third-order valence-electron chi connectivity index (χ3n) is 3.85. The fourth-order valence-corrected chi connectivity index (χ4v) is 2.56. The zero-order chi connectivity index (χ0) is 17.6. The minimum atomic E-state index is -0.320. The molecular formula is C19H18FN3O2. The van der Waals surface area contributed by atoms with Gasteiger partial charge in [-0.1, -0.05) is 30.3 Å². The summed E-state index contributed by atoms with van der Waals surface area (Å²) >= 11 is 0. The molecule has 0 aliphatic heterocycles. The van der Waals surface area contributed by atoms with Gasteiger partial charge in [0, 0.05) is 31.4 Å². The molecule has 0 bridgehead atoms. The molecule has 5 nitrogen and oxygen atoms in total. The Morgan fingerprint density at radius 2 is 1.88 bits per heavy atom. The number of ketones is 1. The highest BCUT2D eigenvalue weighted by molar-refractivity contribution is 5.97. The molecule has 0 aliphatic carbocycles. The van der Waals surface area contributed by atoms with Gasteiger partial charge in [-0.15, -0.1) is 0 Å². The zero-order valence-electron chi connectivity index (χ0n) is 13.6. The molecule has 1 heterocycles. The quantitative estimate of drug-likeness (QED) is 0.650. The molecule has 25 heavy (non-hydrogen) atoms. The molecule has 3 aromatic rings. The Balaban J connectivity index is 1.43. The van der Waals surface area contributed by atoms with Crippen LogP contribution in [0.4, 0.5) is 4.39 Å². The van der Waals surface area contributed by atoms with E-state index in [1.165, 1.54) is 12.1 Å². The van der Waals surface area contributed by atoms with Crippen molar-refractivity contribution in [3.8, 4) is 0 Å². The number of nitrogens with zero attached hydrogens (tertiary/aromatic N) is 1. The van der Waals surface area contributed by atoms with E-state index in [4.69, 9.17) is 0 Å². The molecule has 0 fully saturated rings. The molecule has 0 saturated heterocycles.